The summed E-state index contributed by atoms with van der Waals surface area (Å²) in [6.07, 6.45) is 5.46. The number of halogens is 1. The van der Waals surface area contributed by atoms with Gasteiger partial charge in [-0.2, -0.15) is 0 Å². The zero-order chi connectivity index (χ0) is 9.84. The molecule has 0 aromatic heterocycles. The maximum absolute atomic E-state index is 13.2. The van der Waals surface area contributed by atoms with Gasteiger partial charge in [-0.1, -0.05) is 13.8 Å². The molecule has 1 aliphatic carbocycles. The maximum atomic E-state index is 13.2. The quantitative estimate of drug-likeness (QED) is 0.653. The summed E-state index contributed by atoms with van der Waals surface area (Å²) in [7, 11) is 1.50. The lowest BCUT2D eigenvalue weighted by atomic mass is 9.91. The molecular weight excluding hydrogens is 167 g/mol. The molecule has 0 aliphatic heterocycles. The smallest absolute Gasteiger partial charge is 0.161 e. The molecule has 0 aromatic rings. The second-order valence-electron chi connectivity index (χ2n) is 3.91. The van der Waals surface area contributed by atoms with Gasteiger partial charge < -0.3 is 4.74 Å². The molecule has 2 heteroatoms. The summed E-state index contributed by atoms with van der Waals surface area (Å²) < 4.78 is 18.1. The zero-order valence-corrected chi connectivity index (χ0v) is 8.51. The van der Waals surface area contributed by atoms with E-state index >= 15 is 0 Å². The fraction of sp³-hybridized carbons (Fsp3) is 0.636. The van der Waals surface area contributed by atoms with Crippen LogP contribution in [0.2, 0.25) is 0 Å². The molecule has 0 fully saturated rings. The van der Waals surface area contributed by atoms with Crippen LogP contribution in [0.15, 0.2) is 23.7 Å². The maximum Gasteiger partial charge on any atom is 0.161 e. The van der Waals surface area contributed by atoms with E-state index in [1.165, 1.54) is 7.11 Å². The van der Waals surface area contributed by atoms with Crippen molar-refractivity contribution in [1.29, 1.82) is 0 Å². The van der Waals surface area contributed by atoms with E-state index in [0.29, 0.717) is 17.6 Å². The van der Waals surface area contributed by atoms with Crippen LogP contribution in [0.25, 0.3) is 0 Å². The Labute approximate surface area is 79.3 Å². The van der Waals surface area contributed by atoms with E-state index in [0.717, 1.165) is 12.8 Å². The van der Waals surface area contributed by atoms with E-state index < -0.39 is 0 Å². The molecule has 1 atom stereocenters. The second-order valence-corrected chi connectivity index (χ2v) is 3.91. The van der Waals surface area contributed by atoms with Crippen molar-refractivity contribution >= 4 is 0 Å². The molecule has 1 rings (SSSR count). The molecule has 0 saturated heterocycles. The molecule has 0 N–H and O–H groups in total. The van der Waals surface area contributed by atoms with Gasteiger partial charge in [-0.25, -0.2) is 4.39 Å². The minimum absolute atomic E-state index is 0.209. The van der Waals surface area contributed by atoms with Gasteiger partial charge in [-0.05, 0) is 36.8 Å². The highest BCUT2D eigenvalue weighted by Crippen LogP contribution is 2.28. The molecule has 1 aliphatic rings. The summed E-state index contributed by atoms with van der Waals surface area (Å²) in [6, 6.07) is 0. The Morgan fingerprint density at radius 2 is 2.31 bits per heavy atom. The fourth-order valence-electron chi connectivity index (χ4n) is 1.66. The largest absolute Gasteiger partial charge is 0.494 e. The first kappa shape index (κ1) is 10.3. The van der Waals surface area contributed by atoms with Crippen molar-refractivity contribution in [1.82, 2.24) is 0 Å². The average Bonchev–Trinajstić information content (AvgIpc) is 2.03. The lowest BCUT2D eigenvalue weighted by Gasteiger charge is -2.18. The van der Waals surface area contributed by atoms with E-state index in [4.69, 9.17) is 4.74 Å². The number of hydrogen-bond donors (Lipinski definition) is 0. The van der Waals surface area contributed by atoms with Crippen LogP contribution < -0.4 is 0 Å². The molecule has 1 unspecified atom stereocenters. The molecule has 1 nitrogen and oxygen atoms in total. The van der Waals surface area contributed by atoms with Crippen LogP contribution in [0.4, 0.5) is 4.39 Å². The van der Waals surface area contributed by atoms with Crippen LogP contribution in [0, 0.1) is 11.8 Å². The summed E-state index contributed by atoms with van der Waals surface area (Å²) in [4.78, 5) is 0. The topological polar surface area (TPSA) is 9.23 Å². The highest BCUT2D eigenvalue weighted by molar-refractivity contribution is 5.24. The van der Waals surface area contributed by atoms with Crippen molar-refractivity contribution < 1.29 is 9.13 Å². The van der Waals surface area contributed by atoms with Crippen molar-refractivity contribution in [2.24, 2.45) is 11.8 Å². The molecule has 0 aromatic carbocycles. The summed E-state index contributed by atoms with van der Waals surface area (Å²) >= 11 is 0. The third kappa shape index (κ3) is 2.87. The molecular formula is C11H17FO. The molecule has 74 valence electrons. The molecule has 0 saturated carbocycles. The number of methoxy groups -OCH3 is 1. The summed E-state index contributed by atoms with van der Waals surface area (Å²) in [5, 5.41) is 0. The predicted molar refractivity (Wildman–Crippen MR) is 51.8 cm³/mol. The molecule has 0 spiro atoms. The van der Waals surface area contributed by atoms with Crippen LogP contribution in [-0.2, 0) is 4.74 Å². The SMILES string of the molecule is COC1=CCC(CC(C)C)C=C1F. The Bertz CT molecular complexity index is 228. The Hall–Kier alpha value is -0.790. The number of ether oxygens (including phenoxy) is 1. The summed E-state index contributed by atoms with van der Waals surface area (Å²) in [5.74, 6) is 1.14. The van der Waals surface area contributed by atoms with Gasteiger partial charge in [0.2, 0.25) is 0 Å². The van der Waals surface area contributed by atoms with Crippen molar-refractivity contribution in [3.05, 3.63) is 23.7 Å². The van der Waals surface area contributed by atoms with E-state index in [9.17, 15) is 4.39 Å². The van der Waals surface area contributed by atoms with Crippen LogP contribution >= 0.6 is 0 Å². The van der Waals surface area contributed by atoms with Crippen LogP contribution in [0.3, 0.4) is 0 Å². The monoisotopic (exact) mass is 184 g/mol. The van der Waals surface area contributed by atoms with Crippen molar-refractivity contribution in [3.8, 4) is 0 Å². The standard InChI is InChI=1S/C11H17FO/c1-8(2)6-9-4-5-11(13-3)10(12)7-9/h5,7-9H,4,6H2,1-3H3. The van der Waals surface area contributed by atoms with Gasteiger partial charge in [0.25, 0.3) is 0 Å². The van der Waals surface area contributed by atoms with Gasteiger partial charge in [0.1, 0.15) is 5.76 Å². The van der Waals surface area contributed by atoms with Gasteiger partial charge in [0.05, 0.1) is 7.11 Å². The van der Waals surface area contributed by atoms with Crippen LogP contribution in [-0.4, -0.2) is 7.11 Å². The summed E-state index contributed by atoms with van der Waals surface area (Å²) in [6.45, 7) is 4.31. The van der Waals surface area contributed by atoms with Crippen LogP contribution in [0.5, 0.6) is 0 Å². The fourth-order valence-corrected chi connectivity index (χ4v) is 1.66. The second kappa shape index (κ2) is 4.45. The lowest BCUT2D eigenvalue weighted by molar-refractivity contribution is 0.273. The molecule has 13 heavy (non-hydrogen) atoms. The van der Waals surface area contributed by atoms with Gasteiger partial charge in [0.15, 0.2) is 5.83 Å². The van der Waals surface area contributed by atoms with Gasteiger partial charge >= 0.3 is 0 Å². The molecule has 0 amide bonds. The highest BCUT2D eigenvalue weighted by atomic mass is 19.1. The third-order valence-corrected chi connectivity index (χ3v) is 2.22. The van der Waals surface area contributed by atoms with Crippen molar-refractivity contribution in [3.63, 3.8) is 0 Å². The minimum atomic E-state index is -0.209. The summed E-state index contributed by atoms with van der Waals surface area (Å²) in [5.41, 5.74) is 0. The Balaban J connectivity index is 2.56. The van der Waals surface area contributed by atoms with Gasteiger partial charge in [0, 0.05) is 0 Å². The van der Waals surface area contributed by atoms with E-state index in [1.807, 2.05) is 6.08 Å². The third-order valence-electron chi connectivity index (χ3n) is 2.22. The van der Waals surface area contributed by atoms with Gasteiger partial charge in [-0.15, -0.1) is 0 Å². The molecule has 0 radical (unpaired) electrons. The Morgan fingerprint density at radius 3 is 2.77 bits per heavy atom. The minimum Gasteiger partial charge on any atom is -0.494 e. The first-order valence-electron chi connectivity index (χ1n) is 4.75. The Kier molecular flexibility index (Phi) is 3.52. The van der Waals surface area contributed by atoms with Crippen LogP contribution in [0.1, 0.15) is 26.7 Å². The Morgan fingerprint density at radius 1 is 1.62 bits per heavy atom. The van der Waals surface area contributed by atoms with E-state index in [-0.39, 0.29) is 5.83 Å². The van der Waals surface area contributed by atoms with E-state index in [2.05, 4.69) is 13.8 Å². The van der Waals surface area contributed by atoms with Gasteiger partial charge in [-0.3, -0.25) is 0 Å². The number of allylic oxidation sites excluding steroid dienone is 3. The first-order chi connectivity index (χ1) is 6.13. The van der Waals surface area contributed by atoms with E-state index in [1.54, 1.807) is 6.08 Å². The van der Waals surface area contributed by atoms with Crippen molar-refractivity contribution in [2.45, 2.75) is 26.7 Å². The zero-order valence-electron chi connectivity index (χ0n) is 8.51. The lowest BCUT2D eigenvalue weighted by Crippen LogP contribution is -2.06. The van der Waals surface area contributed by atoms with Crippen molar-refractivity contribution in [2.75, 3.05) is 7.11 Å². The average molecular weight is 184 g/mol. The normalized spacial score (nSPS) is 22.7. The first-order valence-corrected chi connectivity index (χ1v) is 4.75. The molecule has 0 heterocycles. The number of hydrogen-bond acceptors (Lipinski definition) is 1. The molecule has 0 bridgehead atoms. The highest BCUT2D eigenvalue weighted by Gasteiger charge is 2.16. The number of rotatable bonds is 3. The predicted octanol–water partition coefficient (Wildman–Crippen LogP) is 3.44.